The van der Waals surface area contributed by atoms with Crippen LogP contribution in [-0.2, 0) is 4.74 Å². The Hall–Kier alpha value is -1.15. The Labute approximate surface area is 96.4 Å². The predicted octanol–water partition coefficient (Wildman–Crippen LogP) is 2.33. The van der Waals surface area contributed by atoms with Gasteiger partial charge in [-0.3, -0.25) is 0 Å². The van der Waals surface area contributed by atoms with Gasteiger partial charge in [0.05, 0.1) is 12.6 Å². The molecule has 0 radical (unpaired) electrons. The van der Waals surface area contributed by atoms with E-state index in [1.807, 2.05) is 13.0 Å². The van der Waals surface area contributed by atoms with Gasteiger partial charge in [0.15, 0.2) is 0 Å². The average Bonchev–Trinajstić information content (AvgIpc) is 2.32. The average molecular weight is 240 g/mol. The van der Waals surface area contributed by atoms with Crippen LogP contribution in [0.3, 0.4) is 0 Å². The fourth-order valence-electron chi connectivity index (χ4n) is 1.73. The number of nitrogens with one attached hydrogen (secondary N) is 1. The summed E-state index contributed by atoms with van der Waals surface area (Å²) >= 11 is 0. The van der Waals surface area contributed by atoms with Crippen molar-refractivity contribution in [3.63, 3.8) is 0 Å². The molecule has 0 saturated carbocycles. The van der Waals surface area contributed by atoms with Crippen LogP contribution in [0.1, 0.15) is 23.6 Å². The zero-order valence-electron chi connectivity index (χ0n) is 9.03. The normalized spacial score (nSPS) is 19.9. The van der Waals surface area contributed by atoms with Crippen molar-refractivity contribution in [2.24, 2.45) is 4.99 Å². The van der Waals surface area contributed by atoms with Gasteiger partial charge in [-0.25, -0.2) is 9.38 Å². The summed E-state index contributed by atoms with van der Waals surface area (Å²) in [5.74, 6) is -0.204. The Balaban J connectivity index is 2.33. The van der Waals surface area contributed by atoms with Crippen LogP contribution in [-0.4, -0.2) is 12.6 Å². The molecule has 2 unspecified atom stereocenters. The highest BCUT2D eigenvalue weighted by Gasteiger charge is 2.20. The molecular formula is C11H14FN2OP. The Kier molecular flexibility index (Phi) is 3.39. The molecule has 0 fully saturated rings. The number of nitrogens with zero attached hydrogens (tertiary/aromatic N) is 1. The van der Waals surface area contributed by atoms with Gasteiger partial charge in [0.1, 0.15) is 5.82 Å². The van der Waals surface area contributed by atoms with Gasteiger partial charge in [-0.1, -0.05) is 17.7 Å². The third kappa shape index (κ3) is 2.33. The molecule has 1 aromatic carbocycles. The van der Waals surface area contributed by atoms with Gasteiger partial charge in [0.25, 0.3) is 6.02 Å². The number of ether oxygens (including phenoxy) is 1. The van der Waals surface area contributed by atoms with Gasteiger partial charge in [-0.05, 0) is 22.4 Å². The molecule has 0 spiro atoms. The van der Waals surface area contributed by atoms with Crippen molar-refractivity contribution < 1.29 is 9.13 Å². The van der Waals surface area contributed by atoms with Crippen LogP contribution in [0.4, 0.5) is 4.39 Å². The fourth-order valence-corrected chi connectivity index (χ4v) is 1.89. The first-order chi connectivity index (χ1) is 7.70. The summed E-state index contributed by atoms with van der Waals surface area (Å²) in [6.45, 7) is 2.50. The molecule has 1 heterocycles. The highest BCUT2D eigenvalue weighted by Crippen LogP contribution is 2.27. The maximum Gasteiger partial charge on any atom is 0.288 e. The third-order valence-electron chi connectivity index (χ3n) is 2.54. The molecule has 1 N–H and O–H groups in total. The number of rotatable bonds is 1. The molecule has 3 nitrogen and oxygen atoms in total. The van der Waals surface area contributed by atoms with E-state index in [4.69, 9.17) is 4.74 Å². The van der Waals surface area contributed by atoms with E-state index in [9.17, 15) is 4.39 Å². The number of aliphatic imine (C=N–C) groups is 1. The van der Waals surface area contributed by atoms with Crippen LogP contribution in [0.2, 0.25) is 0 Å². The molecule has 2 atom stereocenters. The molecule has 0 bridgehead atoms. The maximum atomic E-state index is 13.6. The van der Waals surface area contributed by atoms with E-state index >= 15 is 0 Å². The number of halogens is 1. The molecular weight excluding hydrogens is 226 g/mol. The summed E-state index contributed by atoms with van der Waals surface area (Å²) in [5, 5.41) is 2.76. The second-order valence-corrected chi connectivity index (χ2v) is 4.05. The summed E-state index contributed by atoms with van der Waals surface area (Å²) in [6.07, 6.45) is 0.705. The van der Waals surface area contributed by atoms with Gasteiger partial charge in [-0.2, -0.15) is 0 Å². The number of benzene rings is 1. The molecule has 16 heavy (non-hydrogen) atoms. The van der Waals surface area contributed by atoms with Crippen molar-refractivity contribution in [1.29, 1.82) is 0 Å². The molecule has 1 aliphatic heterocycles. The second-order valence-electron chi connectivity index (χ2n) is 3.76. The first-order valence-electron chi connectivity index (χ1n) is 5.14. The summed E-state index contributed by atoms with van der Waals surface area (Å²) < 4.78 is 18.9. The minimum atomic E-state index is -0.204. The first kappa shape index (κ1) is 11.3. The smallest absolute Gasteiger partial charge is 0.288 e. The lowest BCUT2D eigenvalue weighted by Gasteiger charge is -2.21. The topological polar surface area (TPSA) is 33.6 Å². The summed E-state index contributed by atoms with van der Waals surface area (Å²) in [7, 11) is 2.32. The molecule has 1 aromatic rings. The van der Waals surface area contributed by atoms with Crippen LogP contribution in [0, 0.1) is 12.7 Å². The molecule has 2 rings (SSSR count). The molecule has 0 amide bonds. The lowest BCUT2D eigenvalue weighted by molar-refractivity contribution is 0.252. The van der Waals surface area contributed by atoms with E-state index in [0.29, 0.717) is 24.6 Å². The lowest BCUT2D eigenvalue weighted by atomic mass is 10.0. The lowest BCUT2D eigenvalue weighted by Crippen LogP contribution is -2.24. The van der Waals surface area contributed by atoms with Gasteiger partial charge >= 0.3 is 0 Å². The molecule has 5 heteroatoms. The molecule has 1 aliphatic rings. The third-order valence-corrected chi connectivity index (χ3v) is 2.78. The summed E-state index contributed by atoms with van der Waals surface area (Å²) in [6, 6.07) is 5.38. The van der Waals surface area contributed by atoms with E-state index in [2.05, 4.69) is 19.5 Å². The predicted molar refractivity (Wildman–Crippen MR) is 64.7 cm³/mol. The standard InChI is InChI=1S/C11H14FN2OP/c1-7-2-3-9(12)8(6-7)10-4-5-15-11(13-10)14-16/h2-3,6,10H,4-5,16H2,1H3,(H,13,14). The molecule has 0 aliphatic carbocycles. The maximum absolute atomic E-state index is 13.6. The van der Waals surface area contributed by atoms with Gasteiger partial charge < -0.3 is 9.82 Å². The fraction of sp³-hybridized carbons (Fsp3) is 0.364. The van der Waals surface area contributed by atoms with Crippen LogP contribution in [0.25, 0.3) is 0 Å². The Morgan fingerprint density at radius 3 is 3.12 bits per heavy atom. The summed E-state index contributed by atoms with van der Waals surface area (Å²) in [4.78, 5) is 4.29. The van der Waals surface area contributed by atoms with E-state index in [0.717, 1.165) is 5.56 Å². The van der Waals surface area contributed by atoms with Crippen molar-refractivity contribution in [2.75, 3.05) is 6.61 Å². The van der Waals surface area contributed by atoms with E-state index in [1.54, 1.807) is 6.07 Å². The Morgan fingerprint density at radius 1 is 1.56 bits per heavy atom. The van der Waals surface area contributed by atoms with Gasteiger partial charge in [0, 0.05) is 12.0 Å². The molecule has 86 valence electrons. The van der Waals surface area contributed by atoms with Crippen molar-refractivity contribution >= 4 is 15.4 Å². The van der Waals surface area contributed by atoms with Gasteiger partial charge in [0.2, 0.25) is 0 Å². The highest BCUT2D eigenvalue weighted by atomic mass is 31.0. The molecule has 0 aromatic heterocycles. The van der Waals surface area contributed by atoms with Crippen LogP contribution < -0.4 is 5.09 Å². The van der Waals surface area contributed by atoms with Crippen LogP contribution >= 0.6 is 9.39 Å². The number of hydrogen-bond donors (Lipinski definition) is 1. The number of hydrogen-bond acceptors (Lipinski definition) is 3. The number of amidine groups is 1. The quantitative estimate of drug-likeness (QED) is 0.764. The highest BCUT2D eigenvalue weighted by molar-refractivity contribution is 7.15. The van der Waals surface area contributed by atoms with Crippen molar-refractivity contribution in [1.82, 2.24) is 5.09 Å². The molecule has 0 saturated heterocycles. The van der Waals surface area contributed by atoms with Crippen molar-refractivity contribution in [3.05, 3.63) is 35.1 Å². The van der Waals surface area contributed by atoms with Crippen molar-refractivity contribution in [3.8, 4) is 0 Å². The monoisotopic (exact) mass is 240 g/mol. The van der Waals surface area contributed by atoms with Crippen LogP contribution in [0.5, 0.6) is 0 Å². The summed E-state index contributed by atoms with van der Waals surface area (Å²) in [5.41, 5.74) is 1.68. The Morgan fingerprint density at radius 2 is 2.38 bits per heavy atom. The first-order valence-corrected chi connectivity index (χ1v) is 5.71. The van der Waals surface area contributed by atoms with E-state index in [-0.39, 0.29) is 11.9 Å². The van der Waals surface area contributed by atoms with E-state index in [1.165, 1.54) is 6.07 Å². The minimum Gasteiger partial charge on any atom is -0.465 e. The zero-order chi connectivity index (χ0) is 11.5. The largest absolute Gasteiger partial charge is 0.465 e. The Bertz CT molecular complexity index is 422. The van der Waals surface area contributed by atoms with Crippen molar-refractivity contribution in [2.45, 2.75) is 19.4 Å². The van der Waals surface area contributed by atoms with E-state index < -0.39 is 0 Å². The number of aryl methyl sites for hydroxylation is 1. The SMILES string of the molecule is Cc1ccc(F)c(C2CCOC(NP)=N2)c1. The second kappa shape index (κ2) is 4.79. The minimum absolute atomic E-state index is 0.156. The van der Waals surface area contributed by atoms with Crippen LogP contribution in [0.15, 0.2) is 23.2 Å². The van der Waals surface area contributed by atoms with Gasteiger partial charge in [-0.15, -0.1) is 0 Å². The zero-order valence-corrected chi connectivity index (χ0v) is 10.2.